The summed E-state index contributed by atoms with van der Waals surface area (Å²) in [5.41, 5.74) is 0. The van der Waals surface area contributed by atoms with Gasteiger partial charge in [-0.15, -0.1) is 0 Å². The third-order valence-corrected chi connectivity index (χ3v) is 4.97. The number of carbonyl (C=O) groups is 1. The maximum Gasteiger partial charge on any atom is 0.258 e. The number of carbonyl (C=O) groups excluding carboxylic acids is 1. The van der Waals surface area contributed by atoms with Crippen molar-refractivity contribution in [1.82, 2.24) is 5.32 Å². The molecule has 0 bridgehead atoms. The summed E-state index contributed by atoms with van der Waals surface area (Å²) >= 11 is 3.56. The Morgan fingerprint density at radius 3 is 2.46 bits per heavy atom. The van der Waals surface area contributed by atoms with Crippen LogP contribution in [-0.2, 0) is 4.79 Å². The second kappa shape index (κ2) is 9.46. The van der Waals surface area contributed by atoms with E-state index in [2.05, 4.69) is 21.2 Å². The van der Waals surface area contributed by atoms with Crippen molar-refractivity contribution in [2.24, 2.45) is 0 Å². The molecule has 0 aliphatic heterocycles. The molecule has 3 aromatic carbocycles. The second-order valence-electron chi connectivity index (χ2n) is 6.34. The van der Waals surface area contributed by atoms with Crippen LogP contribution in [0.3, 0.4) is 0 Å². The molecule has 0 radical (unpaired) electrons. The predicted octanol–water partition coefficient (Wildman–Crippen LogP) is 4.57. The summed E-state index contributed by atoms with van der Waals surface area (Å²) in [5.74, 6) is 1.92. The van der Waals surface area contributed by atoms with Gasteiger partial charge in [-0.3, -0.25) is 4.79 Å². The van der Waals surface area contributed by atoms with Gasteiger partial charge in [-0.1, -0.05) is 30.3 Å². The Morgan fingerprint density at radius 2 is 1.71 bits per heavy atom. The first-order valence-electron chi connectivity index (χ1n) is 8.93. The highest BCUT2D eigenvalue weighted by molar-refractivity contribution is 9.10. The number of methoxy groups -OCH3 is 1. The molecule has 5 nitrogen and oxygen atoms in total. The number of halogens is 1. The number of amides is 1. The Bertz CT molecular complexity index is 943. The molecular weight excluding hydrogens is 422 g/mol. The van der Waals surface area contributed by atoms with E-state index in [1.165, 1.54) is 0 Å². The molecule has 0 fully saturated rings. The van der Waals surface area contributed by atoms with Crippen molar-refractivity contribution in [2.75, 3.05) is 20.3 Å². The van der Waals surface area contributed by atoms with Gasteiger partial charge in [0.2, 0.25) is 0 Å². The van der Waals surface area contributed by atoms with E-state index in [4.69, 9.17) is 14.2 Å². The maximum atomic E-state index is 12.2. The van der Waals surface area contributed by atoms with Crippen LogP contribution in [-0.4, -0.2) is 32.3 Å². The van der Waals surface area contributed by atoms with E-state index in [-0.39, 0.29) is 18.6 Å². The molecule has 1 unspecified atom stereocenters. The Labute approximate surface area is 172 Å². The Balaban J connectivity index is 1.47. The van der Waals surface area contributed by atoms with Crippen molar-refractivity contribution < 1.29 is 19.0 Å². The van der Waals surface area contributed by atoms with Crippen LogP contribution >= 0.6 is 15.9 Å². The van der Waals surface area contributed by atoms with Gasteiger partial charge in [0.1, 0.15) is 23.9 Å². The standard InChI is InChI=1S/C22H22BrNO4/c1-15(13-27-18-10-8-17(26-2)9-11-18)24-21(25)14-28-20-12-7-16-5-3-4-6-19(16)22(20)23/h3-12,15H,13-14H2,1-2H3,(H,24,25). The Kier molecular flexibility index (Phi) is 6.76. The fourth-order valence-corrected chi connectivity index (χ4v) is 3.33. The normalized spacial score (nSPS) is 11.7. The van der Waals surface area contributed by atoms with Gasteiger partial charge >= 0.3 is 0 Å². The third-order valence-electron chi connectivity index (χ3n) is 4.15. The zero-order valence-corrected chi connectivity index (χ0v) is 17.4. The number of benzene rings is 3. The van der Waals surface area contributed by atoms with Crippen molar-refractivity contribution in [3.63, 3.8) is 0 Å². The van der Waals surface area contributed by atoms with Crippen LogP contribution in [0, 0.1) is 0 Å². The van der Waals surface area contributed by atoms with Gasteiger partial charge in [0.15, 0.2) is 6.61 Å². The first kappa shape index (κ1) is 20.0. The average Bonchev–Trinajstić information content (AvgIpc) is 2.72. The molecule has 0 aromatic heterocycles. The highest BCUT2D eigenvalue weighted by Crippen LogP contribution is 2.32. The molecule has 0 aliphatic rings. The molecule has 146 valence electrons. The largest absolute Gasteiger partial charge is 0.497 e. The maximum absolute atomic E-state index is 12.2. The van der Waals surface area contributed by atoms with Gasteiger partial charge in [-0.25, -0.2) is 0 Å². The van der Waals surface area contributed by atoms with E-state index >= 15 is 0 Å². The summed E-state index contributed by atoms with van der Waals surface area (Å²) in [7, 11) is 1.62. The van der Waals surface area contributed by atoms with Crippen LogP contribution < -0.4 is 19.5 Å². The SMILES string of the molecule is COc1ccc(OCC(C)NC(=O)COc2ccc3ccccc3c2Br)cc1. The lowest BCUT2D eigenvalue weighted by Crippen LogP contribution is -2.39. The number of fused-ring (bicyclic) bond motifs is 1. The number of ether oxygens (including phenoxy) is 3. The molecule has 3 rings (SSSR count). The minimum absolute atomic E-state index is 0.0657. The first-order chi connectivity index (χ1) is 13.6. The molecule has 1 atom stereocenters. The molecule has 0 heterocycles. The molecule has 0 saturated carbocycles. The third kappa shape index (κ3) is 5.16. The molecule has 0 aliphatic carbocycles. The lowest BCUT2D eigenvalue weighted by molar-refractivity contribution is -0.123. The smallest absolute Gasteiger partial charge is 0.258 e. The fraction of sp³-hybridized carbons (Fsp3) is 0.227. The summed E-state index contributed by atoms with van der Waals surface area (Å²) in [5, 5.41) is 5.02. The van der Waals surface area contributed by atoms with Crippen molar-refractivity contribution in [3.8, 4) is 17.2 Å². The van der Waals surface area contributed by atoms with Gasteiger partial charge < -0.3 is 19.5 Å². The van der Waals surface area contributed by atoms with Crippen LogP contribution in [0.5, 0.6) is 17.2 Å². The molecule has 3 aromatic rings. The van der Waals surface area contributed by atoms with E-state index in [0.717, 1.165) is 26.7 Å². The van der Waals surface area contributed by atoms with Crippen LogP contribution in [0.2, 0.25) is 0 Å². The minimum Gasteiger partial charge on any atom is -0.497 e. The van der Waals surface area contributed by atoms with Gasteiger partial charge in [0, 0.05) is 0 Å². The molecule has 0 saturated heterocycles. The number of hydrogen-bond acceptors (Lipinski definition) is 4. The Hall–Kier alpha value is -2.73. The molecular formula is C22H22BrNO4. The van der Waals surface area contributed by atoms with Gasteiger partial charge in [-0.05, 0) is 64.0 Å². The van der Waals surface area contributed by atoms with E-state index < -0.39 is 0 Å². The second-order valence-corrected chi connectivity index (χ2v) is 7.14. The van der Waals surface area contributed by atoms with Crippen molar-refractivity contribution in [3.05, 3.63) is 65.1 Å². The van der Waals surface area contributed by atoms with Gasteiger partial charge in [-0.2, -0.15) is 0 Å². The zero-order chi connectivity index (χ0) is 19.9. The monoisotopic (exact) mass is 443 g/mol. The predicted molar refractivity (Wildman–Crippen MR) is 113 cm³/mol. The molecule has 1 amide bonds. The minimum atomic E-state index is -0.203. The van der Waals surface area contributed by atoms with Crippen LogP contribution in [0.15, 0.2) is 65.1 Å². The molecule has 0 spiro atoms. The summed E-state index contributed by atoms with van der Waals surface area (Å²) in [6.07, 6.45) is 0. The van der Waals surface area contributed by atoms with Gasteiger partial charge in [0.25, 0.3) is 5.91 Å². The summed E-state index contributed by atoms with van der Waals surface area (Å²) in [6, 6.07) is 19.0. The van der Waals surface area contributed by atoms with E-state index in [0.29, 0.717) is 12.4 Å². The quantitative estimate of drug-likeness (QED) is 0.553. The highest BCUT2D eigenvalue weighted by atomic mass is 79.9. The van der Waals surface area contributed by atoms with E-state index in [9.17, 15) is 4.79 Å². The number of rotatable bonds is 8. The zero-order valence-electron chi connectivity index (χ0n) is 15.8. The Morgan fingerprint density at radius 1 is 1.00 bits per heavy atom. The topological polar surface area (TPSA) is 56.8 Å². The summed E-state index contributed by atoms with van der Waals surface area (Å²) in [6.45, 7) is 2.18. The summed E-state index contributed by atoms with van der Waals surface area (Å²) < 4.78 is 17.3. The van der Waals surface area contributed by atoms with Crippen LogP contribution in [0.25, 0.3) is 10.8 Å². The molecule has 6 heteroatoms. The highest BCUT2D eigenvalue weighted by Gasteiger charge is 2.11. The van der Waals surface area contributed by atoms with Crippen molar-refractivity contribution in [1.29, 1.82) is 0 Å². The fourth-order valence-electron chi connectivity index (χ4n) is 2.72. The van der Waals surface area contributed by atoms with E-state index in [1.807, 2.05) is 67.6 Å². The number of nitrogens with one attached hydrogen (secondary N) is 1. The molecule has 28 heavy (non-hydrogen) atoms. The molecule has 1 N–H and O–H groups in total. The van der Waals surface area contributed by atoms with E-state index in [1.54, 1.807) is 7.11 Å². The van der Waals surface area contributed by atoms with Crippen LogP contribution in [0.4, 0.5) is 0 Å². The van der Waals surface area contributed by atoms with Crippen LogP contribution in [0.1, 0.15) is 6.92 Å². The van der Waals surface area contributed by atoms with Crippen molar-refractivity contribution in [2.45, 2.75) is 13.0 Å². The lowest BCUT2D eigenvalue weighted by atomic mass is 10.1. The lowest BCUT2D eigenvalue weighted by Gasteiger charge is -2.16. The van der Waals surface area contributed by atoms with Crippen molar-refractivity contribution >= 4 is 32.6 Å². The van der Waals surface area contributed by atoms with Gasteiger partial charge in [0.05, 0.1) is 17.6 Å². The average molecular weight is 444 g/mol. The summed E-state index contributed by atoms with van der Waals surface area (Å²) in [4.78, 5) is 12.2. The number of hydrogen-bond donors (Lipinski definition) is 1. The first-order valence-corrected chi connectivity index (χ1v) is 9.72.